The highest BCUT2D eigenvalue weighted by Crippen LogP contribution is 2.31. The third-order valence-corrected chi connectivity index (χ3v) is 7.67. The summed E-state index contributed by atoms with van der Waals surface area (Å²) in [6, 6.07) is 7.87. The zero-order valence-electron chi connectivity index (χ0n) is 19.7. The van der Waals surface area contributed by atoms with Crippen LogP contribution in [0.2, 0.25) is 0 Å². The van der Waals surface area contributed by atoms with Gasteiger partial charge in [-0.25, -0.2) is 13.2 Å². The fraction of sp³-hybridized carbons (Fsp3) is 0.696. The number of carbonyl (C=O) groups excluding carboxylic acids is 1. The molecule has 1 unspecified atom stereocenters. The van der Waals surface area contributed by atoms with E-state index in [1.165, 1.54) is 0 Å². The minimum absolute atomic E-state index is 0.167. The minimum atomic E-state index is -3.22. The molecule has 0 N–H and O–H groups in total. The van der Waals surface area contributed by atoms with E-state index in [9.17, 15) is 13.2 Å². The highest BCUT2D eigenvalue weighted by Gasteiger charge is 2.31. The highest BCUT2D eigenvalue weighted by molar-refractivity contribution is 7.89. The van der Waals surface area contributed by atoms with Gasteiger partial charge in [0.2, 0.25) is 10.0 Å². The topological polar surface area (TPSA) is 79.4 Å². The van der Waals surface area contributed by atoms with Gasteiger partial charge in [-0.3, -0.25) is 0 Å². The summed E-state index contributed by atoms with van der Waals surface area (Å²) in [4.78, 5) is 16.3. The molecule has 180 valence electrons. The molecule has 2 fully saturated rings. The second kappa shape index (κ2) is 10.3. The van der Waals surface area contributed by atoms with Gasteiger partial charge in [0, 0.05) is 32.7 Å². The highest BCUT2D eigenvalue weighted by atomic mass is 32.2. The Morgan fingerprint density at radius 1 is 1.09 bits per heavy atom. The molecule has 1 atom stereocenters. The smallest absolute Gasteiger partial charge is 0.410 e. The Bertz CT molecular complexity index is 876. The number of piperazine rings is 1. The molecule has 3 rings (SSSR count). The normalized spacial score (nSPS) is 20.8. The van der Waals surface area contributed by atoms with E-state index in [0.717, 1.165) is 24.3 Å². The number of anilines is 1. The first-order valence-electron chi connectivity index (χ1n) is 11.6. The van der Waals surface area contributed by atoms with Crippen LogP contribution in [0.3, 0.4) is 0 Å². The summed E-state index contributed by atoms with van der Waals surface area (Å²) in [6.07, 6.45) is 1.79. The van der Waals surface area contributed by atoms with Crippen LogP contribution in [-0.4, -0.2) is 80.4 Å². The van der Waals surface area contributed by atoms with Crippen LogP contribution >= 0.6 is 0 Å². The van der Waals surface area contributed by atoms with Crippen LogP contribution in [0.15, 0.2) is 24.3 Å². The monoisotopic (exact) mass is 467 g/mol. The lowest BCUT2D eigenvalue weighted by molar-refractivity contribution is 0.0240. The fourth-order valence-corrected chi connectivity index (χ4v) is 5.67. The molecule has 1 aromatic rings. The second-order valence-electron chi connectivity index (χ2n) is 9.48. The first-order chi connectivity index (χ1) is 15.1. The molecule has 2 saturated heterocycles. The van der Waals surface area contributed by atoms with Crippen LogP contribution < -0.4 is 9.64 Å². The van der Waals surface area contributed by atoms with Crippen LogP contribution in [0.25, 0.3) is 0 Å². The molecule has 0 bridgehead atoms. The first-order valence-corrected chi connectivity index (χ1v) is 13.2. The number of hydrogen-bond acceptors (Lipinski definition) is 6. The number of rotatable bonds is 6. The predicted molar refractivity (Wildman–Crippen MR) is 126 cm³/mol. The van der Waals surface area contributed by atoms with E-state index < -0.39 is 15.6 Å². The molecule has 1 amide bonds. The van der Waals surface area contributed by atoms with Gasteiger partial charge in [-0.05, 0) is 52.2 Å². The Balaban J connectivity index is 1.63. The molecule has 32 heavy (non-hydrogen) atoms. The lowest BCUT2D eigenvalue weighted by Crippen LogP contribution is -2.50. The maximum atomic E-state index is 12.5. The molecule has 8 nitrogen and oxygen atoms in total. The SMILES string of the molecule is CCCS(=O)(=O)N1CCCC(Oc2ccccc2N2CCN(C(=O)OC(C)(C)C)CC2)C1. The number of sulfonamides is 1. The number of hydrogen-bond donors (Lipinski definition) is 0. The molecular weight excluding hydrogens is 430 g/mol. The zero-order chi connectivity index (χ0) is 23.4. The summed E-state index contributed by atoms with van der Waals surface area (Å²) >= 11 is 0. The number of amides is 1. The van der Waals surface area contributed by atoms with Gasteiger partial charge in [0.15, 0.2) is 0 Å². The van der Waals surface area contributed by atoms with Crippen molar-refractivity contribution in [2.75, 3.05) is 49.9 Å². The van der Waals surface area contributed by atoms with Crippen LogP contribution in [0, 0.1) is 0 Å². The number of nitrogens with zero attached hydrogens (tertiary/aromatic N) is 3. The standard InChI is InChI=1S/C23H37N3O5S/c1-5-17-32(28,29)26-12-8-9-19(18-26)30-21-11-7-6-10-20(21)24-13-15-25(16-14-24)22(27)31-23(2,3)4/h6-7,10-11,19H,5,8-9,12-18H2,1-4H3. The molecule has 0 spiro atoms. The van der Waals surface area contributed by atoms with Gasteiger partial charge in [0.25, 0.3) is 0 Å². The molecule has 0 radical (unpaired) electrons. The van der Waals surface area contributed by atoms with Crippen molar-refractivity contribution in [2.45, 2.75) is 58.7 Å². The van der Waals surface area contributed by atoms with Crippen LogP contribution in [-0.2, 0) is 14.8 Å². The maximum absolute atomic E-state index is 12.5. The van der Waals surface area contributed by atoms with E-state index in [2.05, 4.69) is 4.90 Å². The average Bonchev–Trinajstić information content (AvgIpc) is 2.73. The van der Waals surface area contributed by atoms with E-state index in [0.29, 0.717) is 45.7 Å². The third-order valence-electron chi connectivity index (χ3n) is 5.63. The summed E-state index contributed by atoms with van der Waals surface area (Å²) in [5, 5.41) is 0. The number of piperidine rings is 1. The van der Waals surface area contributed by atoms with Gasteiger partial charge >= 0.3 is 6.09 Å². The second-order valence-corrected chi connectivity index (χ2v) is 11.6. The number of ether oxygens (including phenoxy) is 2. The Morgan fingerprint density at radius 3 is 2.44 bits per heavy atom. The lowest BCUT2D eigenvalue weighted by atomic mass is 10.1. The van der Waals surface area contributed by atoms with Gasteiger partial charge < -0.3 is 19.3 Å². The van der Waals surface area contributed by atoms with Crippen molar-refractivity contribution < 1.29 is 22.7 Å². The fourth-order valence-electron chi connectivity index (χ4n) is 4.09. The van der Waals surface area contributed by atoms with Crippen molar-refractivity contribution in [3.05, 3.63) is 24.3 Å². The van der Waals surface area contributed by atoms with Gasteiger partial charge in [-0.15, -0.1) is 0 Å². The minimum Gasteiger partial charge on any atom is -0.487 e. The Morgan fingerprint density at radius 2 is 1.78 bits per heavy atom. The Kier molecular flexibility index (Phi) is 7.92. The van der Waals surface area contributed by atoms with E-state index in [-0.39, 0.29) is 18.0 Å². The average molecular weight is 468 g/mol. The third kappa shape index (κ3) is 6.51. The van der Waals surface area contributed by atoms with Gasteiger partial charge in [0.1, 0.15) is 17.5 Å². The molecular formula is C23H37N3O5S. The van der Waals surface area contributed by atoms with E-state index in [4.69, 9.17) is 9.47 Å². The summed E-state index contributed by atoms with van der Waals surface area (Å²) in [5.74, 6) is 0.941. The number of benzene rings is 1. The van der Waals surface area contributed by atoms with Crippen molar-refractivity contribution in [2.24, 2.45) is 0 Å². The molecule has 2 aliphatic rings. The zero-order valence-corrected chi connectivity index (χ0v) is 20.6. The van der Waals surface area contributed by atoms with Crippen molar-refractivity contribution in [3.8, 4) is 5.75 Å². The van der Waals surface area contributed by atoms with Crippen LogP contribution in [0.5, 0.6) is 5.75 Å². The van der Waals surface area contributed by atoms with Gasteiger partial charge in [0.05, 0.1) is 18.0 Å². The summed E-state index contributed by atoms with van der Waals surface area (Å²) < 4.78 is 38.4. The number of para-hydroxylation sites is 2. The van der Waals surface area contributed by atoms with E-state index in [1.807, 2.05) is 52.0 Å². The van der Waals surface area contributed by atoms with Gasteiger partial charge in [-0.1, -0.05) is 19.1 Å². The Labute approximate surface area is 192 Å². The molecule has 2 aliphatic heterocycles. The quantitative estimate of drug-likeness (QED) is 0.639. The molecule has 1 aromatic carbocycles. The van der Waals surface area contributed by atoms with Crippen molar-refractivity contribution in [3.63, 3.8) is 0 Å². The molecule has 0 aliphatic carbocycles. The lowest BCUT2D eigenvalue weighted by Gasteiger charge is -2.38. The molecule has 0 aromatic heterocycles. The van der Waals surface area contributed by atoms with Crippen LogP contribution in [0.4, 0.5) is 10.5 Å². The number of carbonyl (C=O) groups is 1. The van der Waals surface area contributed by atoms with Crippen molar-refractivity contribution in [1.82, 2.24) is 9.21 Å². The molecule has 0 saturated carbocycles. The molecule has 2 heterocycles. The van der Waals surface area contributed by atoms with Crippen molar-refractivity contribution in [1.29, 1.82) is 0 Å². The van der Waals surface area contributed by atoms with Crippen molar-refractivity contribution >= 4 is 21.8 Å². The first kappa shape index (κ1) is 24.6. The van der Waals surface area contributed by atoms with Gasteiger partial charge in [-0.2, -0.15) is 4.31 Å². The largest absolute Gasteiger partial charge is 0.487 e. The predicted octanol–water partition coefficient (Wildman–Crippen LogP) is 3.33. The summed E-state index contributed by atoms with van der Waals surface area (Å²) in [7, 11) is -3.22. The summed E-state index contributed by atoms with van der Waals surface area (Å²) in [5.41, 5.74) is 0.470. The molecule has 9 heteroatoms. The van der Waals surface area contributed by atoms with E-state index >= 15 is 0 Å². The maximum Gasteiger partial charge on any atom is 0.410 e. The van der Waals surface area contributed by atoms with Crippen LogP contribution in [0.1, 0.15) is 47.0 Å². The summed E-state index contributed by atoms with van der Waals surface area (Å²) in [6.45, 7) is 11.0. The Hall–Kier alpha value is -2.00. The van der Waals surface area contributed by atoms with E-state index in [1.54, 1.807) is 9.21 Å².